The summed E-state index contributed by atoms with van der Waals surface area (Å²) in [6, 6.07) is 11.8. The van der Waals surface area contributed by atoms with E-state index in [0.29, 0.717) is 18.9 Å². The van der Waals surface area contributed by atoms with Crippen molar-refractivity contribution in [2.24, 2.45) is 5.92 Å². The first-order valence-electron chi connectivity index (χ1n) is 7.99. The summed E-state index contributed by atoms with van der Waals surface area (Å²) < 4.78 is 13.2. The second-order valence-corrected chi connectivity index (χ2v) is 6.10. The van der Waals surface area contributed by atoms with E-state index in [1.54, 1.807) is 18.3 Å². The molecular formula is C19H23FN2O. The Labute approximate surface area is 137 Å². The van der Waals surface area contributed by atoms with Crippen molar-refractivity contribution >= 4 is 5.91 Å². The van der Waals surface area contributed by atoms with Crippen molar-refractivity contribution in [3.8, 4) is 0 Å². The number of aromatic nitrogens is 1. The number of carbonyl (C=O) groups is 1. The largest absolute Gasteiger partial charge is 0.356 e. The van der Waals surface area contributed by atoms with Gasteiger partial charge in [0, 0.05) is 24.9 Å². The Bertz CT molecular complexity index is 611. The van der Waals surface area contributed by atoms with E-state index in [4.69, 9.17) is 0 Å². The number of rotatable bonds is 7. The van der Waals surface area contributed by atoms with Crippen LogP contribution in [0.25, 0.3) is 0 Å². The standard InChI is InChI=1S/C19H23FN2O/c1-14(2)10-12-22-19(23)18(13-17-5-3-4-11-21-17)15-6-8-16(20)9-7-15/h3-9,11,14,18H,10,12-13H2,1-2H3,(H,22,23). The predicted molar refractivity (Wildman–Crippen MR) is 89.5 cm³/mol. The third kappa shape index (κ3) is 5.47. The fraction of sp³-hybridized carbons (Fsp3) is 0.368. The zero-order valence-electron chi connectivity index (χ0n) is 13.6. The smallest absolute Gasteiger partial charge is 0.227 e. The van der Waals surface area contributed by atoms with Gasteiger partial charge in [-0.25, -0.2) is 4.39 Å². The third-order valence-corrected chi connectivity index (χ3v) is 3.75. The van der Waals surface area contributed by atoms with Gasteiger partial charge in [0.25, 0.3) is 0 Å². The molecule has 0 aliphatic rings. The van der Waals surface area contributed by atoms with E-state index < -0.39 is 0 Å². The molecular weight excluding hydrogens is 291 g/mol. The fourth-order valence-corrected chi connectivity index (χ4v) is 2.39. The molecule has 0 fully saturated rings. The summed E-state index contributed by atoms with van der Waals surface area (Å²) in [5.41, 5.74) is 1.65. The maximum Gasteiger partial charge on any atom is 0.227 e. The highest BCUT2D eigenvalue weighted by atomic mass is 19.1. The minimum atomic E-state index is -0.363. The lowest BCUT2D eigenvalue weighted by Gasteiger charge is -2.17. The van der Waals surface area contributed by atoms with Crippen molar-refractivity contribution in [1.82, 2.24) is 10.3 Å². The molecule has 2 rings (SSSR count). The van der Waals surface area contributed by atoms with Gasteiger partial charge in [0.05, 0.1) is 5.92 Å². The van der Waals surface area contributed by atoms with Gasteiger partial charge >= 0.3 is 0 Å². The molecule has 1 unspecified atom stereocenters. The molecule has 1 aromatic carbocycles. The molecule has 1 atom stereocenters. The van der Waals surface area contributed by atoms with Crippen molar-refractivity contribution < 1.29 is 9.18 Å². The van der Waals surface area contributed by atoms with Crippen LogP contribution in [0.5, 0.6) is 0 Å². The number of nitrogens with one attached hydrogen (secondary N) is 1. The minimum absolute atomic E-state index is 0.0390. The topological polar surface area (TPSA) is 42.0 Å². The van der Waals surface area contributed by atoms with E-state index in [-0.39, 0.29) is 17.6 Å². The maximum absolute atomic E-state index is 13.2. The van der Waals surface area contributed by atoms with Gasteiger partial charge in [0.2, 0.25) is 5.91 Å². The lowest BCUT2D eigenvalue weighted by Crippen LogP contribution is -2.32. The molecule has 0 aliphatic carbocycles. The molecule has 4 heteroatoms. The van der Waals surface area contributed by atoms with Crippen LogP contribution in [-0.2, 0) is 11.2 Å². The zero-order chi connectivity index (χ0) is 16.7. The van der Waals surface area contributed by atoms with Gasteiger partial charge in [-0.3, -0.25) is 9.78 Å². The predicted octanol–water partition coefficient (Wildman–Crippen LogP) is 3.71. The van der Waals surface area contributed by atoms with Gasteiger partial charge in [0.15, 0.2) is 0 Å². The summed E-state index contributed by atoms with van der Waals surface area (Å²) in [4.78, 5) is 16.9. The maximum atomic E-state index is 13.2. The lowest BCUT2D eigenvalue weighted by molar-refractivity contribution is -0.122. The van der Waals surface area contributed by atoms with Crippen LogP contribution in [0, 0.1) is 11.7 Å². The van der Waals surface area contributed by atoms with Crippen LogP contribution in [0.3, 0.4) is 0 Å². The molecule has 0 radical (unpaired) electrons. The van der Waals surface area contributed by atoms with Crippen molar-refractivity contribution in [3.05, 3.63) is 65.7 Å². The SMILES string of the molecule is CC(C)CCNC(=O)C(Cc1ccccn1)c1ccc(F)cc1. The van der Waals surface area contributed by atoms with E-state index in [2.05, 4.69) is 24.1 Å². The molecule has 1 heterocycles. The highest BCUT2D eigenvalue weighted by Gasteiger charge is 2.21. The average molecular weight is 314 g/mol. The van der Waals surface area contributed by atoms with Gasteiger partial charge in [-0.1, -0.05) is 32.0 Å². The molecule has 1 aromatic heterocycles. The van der Waals surface area contributed by atoms with Crippen molar-refractivity contribution in [2.45, 2.75) is 32.6 Å². The second kappa shape index (κ2) is 8.42. The molecule has 1 N–H and O–H groups in total. The Hall–Kier alpha value is -2.23. The molecule has 23 heavy (non-hydrogen) atoms. The lowest BCUT2D eigenvalue weighted by atomic mass is 9.93. The zero-order valence-corrected chi connectivity index (χ0v) is 13.6. The first-order valence-corrected chi connectivity index (χ1v) is 7.99. The Morgan fingerprint density at radius 2 is 1.91 bits per heavy atom. The number of halogens is 1. The highest BCUT2D eigenvalue weighted by Crippen LogP contribution is 2.21. The quantitative estimate of drug-likeness (QED) is 0.846. The van der Waals surface area contributed by atoms with E-state index >= 15 is 0 Å². The normalized spacial score (nSPS) is 12.2. The van der Waals surface area contributed by atoms with E-state index in [1.165, 1.54) is 12.1 Å². The van der Waals surface area contributed by atoms with Gasteiger partial charge in [-0.15, -0.1) is 0 Å². The van der Waals surface area contributed by atoms with Crippen molar-refractivity contribution in [3.63, 3.8) is 0 Å². The Balaban J connectivity index is 2.13. The first-order chi connectivity index (χ1) is 11.1. The third-order valence-electron chi connectivity index (χ3n) is 3.75. The van der Waals surface area contributed by atoms with Gasteiger partial charge in [0.1, 0.15) is 5.82 Å². The Morgan fingerprint density at radius 1 is 1.17 bits per heavy atom. The van der Waals surface area contributed by atoms with Crippen LogP contribution in [0.4, 0.5) is 4.39 Å². The van der Waals surface area contributed by atoms with Crippen LogP contribution in [0.1, 0.15) is 37.4 Å². The number of hydrogen-bond donors (Lipinski definition) is 1. The van der Waals surface area contributed by atoms with Crippen LogP contribution in [0.2, 0.25) is 0 Å². The van der Waals surface area contributed by atoms with Crippen LogP contribution in [0.15, 0.2) is 48.7 Å². The number of benzene rings is 1. The molecule has 0 saturated carbocycles. The molecule has 0 bridgehead atoms. The molecule has 2 aromatic rings. The van der Waals surface area contributed by atoms with Crippen LogP contribution in [-0.4, -0.2) is 17.4 Å². The van der Waals surface area contributed by atoms with Crippen LogP contribution < -0.4 is 5.32 Å². The summed E-state index contributed by atoms with van der Waals surface area (Å²) in [5.74, 6) is -0.165. The Kier molecular flexibility index (Phi) is 6.27. The van der Waals surface area contributed by atoms with Crippen molar-refractivity contribution in [2.75, 3.05) is 6.54 Å². The number of hydrogen-bond acceptors (Lipinski definition) is 2. The molecule has 0 saturated heterocycles. The van der Waals surface area contributed by atoms with Gasteiger partial charge in [-0.05, 0) is 42.2 Å². The number of pyridine rings is 1. The van der Waals surface area contributed by atoms with Gasteiger partial charge in [-0.2, -0.15) is 0 Å². The average Bonchev–Trinajstić information content (AvgIpc) is 2.54. The summed E-state index contributed by atoms with van der Waals surface area (Å²) in [5, 5.41) is 2.99. The summed E-state index contributed by atoms with van der Waals surface area (Å²) in [7, 11) is 0. The summed E-state index contributed by atoms with van der Waals surface area (Å²) >= 11 is 0. The monoisotopic (exact) mass is 314 g/mol. The number of amides is 1. The van der Waals surface area contributed by atoms with Crippen molar-refractivity contribution in [1.29, 1.82) is 0 Å². The van der Waals surface area contributed by atoms with Gasteiger partial charge < -0.3 is 5.32 Å². The summed E-state index contributed by atoms with van der Waals surface area (Å²) in [6.07, 6.45) is 3.15. The van der Waals surface area contributed by atoms with E-state index in [1.807, 2.05) is 18.2 Å². The number of nitrogens with zero attached hydrogens (tertiary/aromatic N) is 1. The Morgan fingerprint density at radius 3 is 2.52 bits per heavy atom. The van der Waals surface area contributed by atoms with E-state index in [9.17, 15) is 9.18 Å². The fourth-order valence-electron chi connectivity index (χ4n) is 2.39. The summed E-state index contributed by atoms with van der Waals surface area (Å²) in [6.45, 7) is 4.89. The first kappa shape index (κ1) is 17.1. The highest BCUT2D eigenvalue weighted by molar-refractivity contribution is 5.83. The molecule has 0 spiro atoms. The second-order valence-electron chi connectivity index (χ2n) is 6.10. The van der Waals surface area contributed by atoms with E-state index in [0.717, 1.165) is 17.7 Å². The molecule has 1 amide bonds. The number of carbonyl (C=O) groups excluding carboxylic acids is 1. The molecule has 122 valence electrons. The van der Waals surface area contributed by atoms with Crippen LogP contribution >= 0.6 is 0 Å². The molecule has 0 aliphatic heterocycles. The molecule has 3 nitrogen and oxygen atoms in total. The minimum Gasteiger partial charge on any atom is -0.356 e.